The van der Waals surface area contributed by atoms with Crippen LogP contribution in [-0.4, -0.2) is 331 Å². The van der Waals surface area contributed by atoms with Crippen molar-refractivity contribution in [2.75, 3.05) is 92.9 Å². The molecule has 123 heavy (non-hydrogen) atoms. The number of allylic oxidation sites excluding steroid dienone is 2. The maximum atomic E-state index is 13.7. The summed E-state index contributed by atoms with van der Waals surface area (Å²) in [5.41, 5.74) is 4.01. The zero-order valence-electron chi connectivity index (χ0n) is 74.8. The summed E-state index contributed by atoms with van der Waals surface area (Å²) >= 11 is 0. The molecule has 2 heterocycles. The molecule has 0 aromatic carbocycles. The van der Waals surface area contributed by atoms with Gasteiger partial charge in [-0.05, 0) is 197 Å². The number of fused-ring (bicyclic) bond motifs is 10. The molecule has 0 spiro atoms. The molecule has 0 bridgehead atoms. The second-order valence-electron chi connectivity index (χ2n) is 40.0. The van der Waals surface area contributed by atoms with Gasteiger partial charge in [-0.3, -0.25) is 9.59 Å². The Balaban J connectivity index is 0.000000303. The lowest BCUT2D eigenvalue weighted by Crippen LogP contribution is -2.62. The van der Waals surface area contributed by atoms with E-state index in [0.717, 1.165) is 98.2 Å². The molecule has 4 amide bonds. The Morgan fingerprint density at radius 1 is 0.496 bits per heavy atom. The average molecular weight is 1760 g/mol. The number of hydrogen-bond donors (Lipinski definition) is 20. The number of aliphatic hydroxyl groups excluding tert-OH is 16. The molecule has 32 nitrogen and oxygen atoms in total. The summed E-state index contributed by atoms with van der Waals surface area (Å²) in [6.07, 6.45) is -3.94. The van der Waals surface area contributed by atoms with E-state index in [1.807, 2.05) is 4.90 Å². The minimum absolute atomic E-state index is 0. The number of aliphatic hydroxyl groups is 16. The van der Waals surface area contributed by atoms with Gasteiger partial charge in [0.2, 0.25) is 0 Å². The minimum Gasteiger partial charge on any atom is -0.446 e. The van der Waals surface area contributed by atoms with Crippen LogP contribution < -0.4 is 21.3 Å². The van der Waals surface area contributed by atoms with E-state index < -0.39 is 161 Å². The first-order valence-electron chi connectivity index (χ1n) is 46.2. The van der Waals surface area contributed by atoms with Crippen molar-refractivity contribution in [3.8, 4) is 0 Å². The molecule has 0 aromatic heterocycles. The molecule has 8 aliphatic carbocycles. The summed E-state index contributed by atoms with van der Waals surface area (Å²) in [7, 11) is 3.54. The third-order valence-corrected chi connectivity index (χ3v) is 31.5. The lowest BCUT2D eigenvalue weighted by atomic mass is 9.47. The number of hydrogen-bond acceptors (Lipinski definition) is 28. The van der Waals surface area contributed by atoms with E-state index in [1.54, 1.807) is 14.1 Å². The molecule has 6 saturated carbocycles. The highest BCUT2D eigenvalue weighted by Gasteiger charge is 2.62. The van der Waals surface area contributed by atoms with E-state index in [2.05, 4.69) is 103 Å². The second-order valence-corrected chi connectivity index (χ2v) is 40.0. The number of alkyl carbamates (subject to hydrolysis) is 1. The van der Waals surface area contributed by atoms with Gasteiger partial charge in [-0.1, -0.05) is 138 Å². The van der Waals surface area contributed by atoms with Crippen molar-refractivity contribution in [2.45, 2.75) is 340 Å². The molecule has 8 fully saturated rings. The number of ether oxygens (including phenoxy) is 6. The van der Waals surface area contributed by atoms with Crippen LogP contribution in [0, 0.1) is 92.7 Å². The summed E-state index contributed by atoms with van der Waals surface area (Å²) in [4.78, 5) is 55.6. The van der Waals surface area contributed by atoms with Gasteiger partial charge in [0.05, 0.1) is 26.4 Å². The number of carbonyl (C=O) groups excluding carboxylic acids is 4. The van der Waals surface area contributed by atoms with Gasteiger partial charge in [-0.2, -0.15) is 0 Å². The average Bonchev–Trinajstić information content (AvgIpc) is 1.67. The predicted octanol–water partition coefficient (Wildman–Crippen LogP) is 3.50. The van der Waals surface area contributed by atoms with Crippen molar-refractivity contribution in [2.24, 2.45) is 92.7 Å². The Morgan fingerprint density at radius 2 is 0.894 bits per heavy atom. The highest BCUT2D eigenvalue weighted by molar-refractivity contribution is 5.81. The van der Waals surface area contributed by atoms with E-state index in [0.29, 0.717) is 61.2 Å². The highest BCUT2D eigenvalue weighted by Crippen LogP contribution is 2.69. The zero-order valence-corrected chi connectivity index (χ0v) is 74.8. The van der Waals surface area contributed by atoms with Gasteiger partial charge in [-0.15, -0.1) is 0 Å². The number of carbonyl (C=O) groups is 4. The fraction of sp³-hybridized carbons (Fsp3) is 0.912. The molecule has 0 radical (unpaired) electrons. The third-order valence-electron chi connectivity index (χ3n) is 31.5. The molecular weight excluding hydrogens is 1590 g/mol. The smallest absolute Gasteiger partial charge is 0.410 e. The van der Waals surface area contributed by atoms with E-state index in [-0.39, 0.29) is 56.6 Å². The van der Waals surface area contributed by atoms with E-state index in [4.69, 9.17) is 28.4 Å². The largest absolute Gasteiger partial charge is 0.446 e. The maximum absolute atomic E-state index is 13.7. The minimum atomic E-state index is -2.22. The van der Waals surface area contributed by atoms with Gasteiger partial charge in [0.15, 0.2) is 24.8 Å². The normalized spacial score (nSPS) is 37.1. The molecule has 0 aromatic rings. The first-order chi connectivity index (χ1) is 57.8. The second kappa shape index (κ2) is 46.7. The van der Waals surface area contributed by atoms with Crippen LogP contribution in [0.3, 0.4) is 0 Å². The standard InChI is InChI=1S/2C45H79N3O13.CH4/c1-25(2)8-7-9-26(3)30-12-13-31-29-11-10-27-22-28(14-16-44(27,4)32(29)15-17-45(30,31)5)59-43(58)47-19-21-48(6)20-18-46-41(57)38(55)37(54)40(33(51)23-49)61-42-39(56)36(53)35(52)34(24-50)60-42;1-25(2)8-7-9-26(3)30-12-13-31-29-11-10-27-22-28(14-16-44(27,4)32(29)15-17-45(30,31)5)59-43(58)48(20-18-46-6)21-19-47-41(57)38(55)37(54)40(33(51)23-49)61-42-39(56)36(53)35(52)34(24-50)60-42;/h10,25-26,28-40,42,49-56H,7-9,11-24H2,1-6H3,(H,46,57)(H,47,58);10,25-26,28-40,42,46,49-56H,7-9,11-24H2,1-6H3,(H,47,57);1H4/t26?,28?,29?,30?,31?,32?,33?,34?,35?,36-,37?,38?,39?,40?,42?,44?,45?;;/m0../s1. The van der Waals surface area contributed by atoms with E-state index in [1.165, 1.54) is 106 Å². The number of likely N-dealkylation sites (N-methyl/N-ethyl adjacent to an activating group) is 2. The molecule has 32 heteroatoms. The molecule has 2 aliphatic heterocycles. The fourth-order valence-electron chi connectivity index (χ4n) is 24.2. The van der Waals surface area contributed by atoms with Crippen molar-refractivity contribution < 1.29 is 129 Å². The van der Waals surface area contributed by atoms with Gasteiger partial charge in [0, 0.05) is 65.2 Å². The van der Waals surface area contributed by atoms with Gasteiger partial charge in [0.1, 0.15) is 97.7 Å². The molecule has 10 aliphatic rings. The molecule has 33 unspecified atom stereocenters. The van der Waals surface area contributed by atoms with Crippen LogP contribution in [0.2, 0.25) is 0 Å². The molecule has 712 valence electrons. The van der Waals surface area contributed by atoms with Crippen molar-refractivity contribution in [3.05, 3.63) is 23.3 Å². The van der Waals surface area contributed by atoms with Gasteiger partial charge in [0.25, 0.3) is 11.8 Å². The number of rotatable bonds is 40. The van der Waals surface area contributed by atoms with Crippen LogP contribution in [0.1, 0.15) is 218 Å². The van der Waals surface area contributed by atoms with Crippen LogP contribution >= 0.6 is 0 Å². The quantitative estimate of drug-likeness (QED) is 0.0390. The molecule has 20 N–H and O–H groups in total. The first kappa shape index (κ1) is 104. The van der Waals surface area contributed by atoms with Crippen molar-refractivity contribution in [1.82, 2.24) is 31.1 Å². The topological polar surface area (TPSA) is 502 Å². The van der Waals surface area contributed by atoms with E-state index >= 15 is 0 Å². The first-order valence-corrected chi connectivity index (χ1v) is 46.2. The van der Waals surface area contributed by atoms with Gasteiger partial charge < -0.3 is 141 Å². The Kier molecular flexibility index (Phi) is 39.7. The number of nitrogens with zero attached hydrogens (tertiary/aromatic N) is 2. The lowest BCUT2D eigenvalue weighted by Gasteiger charge is -2.58. The van der Waals surface area contributed by atoms with Crippen molar-refractivity contribution in [3.63, 3.8) is 0 Å². The molecule has 10 rings (SSSR count). The summed E-state index contributed by atoms with van der Waals surface area (Å²) in [5.74, 6) is 6.98. The SMILES string of the molecule is C.CC(C)CCCC(C)C1CCC2C3CC=C4CC(OC(=O)NCCN(C)CCNC(=O)C(O)C(O)C(OC5OC(CO)C(O)[C@H](O)C5O)C(O)CO)CCC4(C)C3CCC12C.CNCCN(CCNC(=O)C(O)C(O)C(OC1OC(CO)C(O)C(O)C1O)C(O)CO)C(=O)OC1CCC2(C)C(=CCC3C2CCC2(C)C(C(C)CCCC(C)C)CCC32)C1. The Hall–Kier alpha value is -3.92. The van der Waals surface area contributed by atoms with Crippen LogP contribution in [0.4, 0.5) is 9.59 Å². The Bertz CT molecular complexity index is 3330. The van der Waals surface area contributed by atoms with Crippen molar-refractivity contribution in [1.29, 1.82) is 0 Å². The third kappa shape index (κ3) is 24.6. The fourth-order valence-corrected chi connectivity index (χ4v) is 24.2. The summed E-state index contributed by atoms with van der Waals surface area (Å²) in [5, 5.41) is 173. The monoisotopic (exact) mass is 1760 g/mol. The van der Waals surface area contributed by atoms with Gasteiger partial charge in [-0.25, -0.2) is 9.59 Å². The number of amides is 4. The van der Waals surface area contributed by atoms with Crippen LogP contribution in [0.5, 0.6) is 0 Å². The van der Waals surface area contributed by atoms with Crippen LogP contribution in [0.15, 0.2) is 23.3 Å². The predicted molar refractivity (Wildman–Crippen MR) is 458 cm³/mol. The Labute approximate surface area is 730 Å². The zero-order chi connectivity index (χ0) is 89.6. The van der Waals surface area contributed by atoms with E-state index in [9.17, 15) is 101 Å². The Morgan fingerprint density at radius 3 is 1.29 bits per heavy atom. The number of nitrogens with one attached hydrogen (secondary N) is 4. The lowest BCUT2D eigenvalue weighted by molar-refractivity contribution is -0.326. The maximum Gasteiger partial charge on any atom is 0.410 e. The van der Waals surface area contributed by atoms with Crippen LogP contribution in [-0.2, 0) is 38.0 Å². The van der Waals surface area contributed by atoms with Crippen LogP contribution in [0.25, 0.3) is 0 Å². The molecule has 2 saturated heterocycles. The van der Waals surface area contributed by atoms with Gasteiger partial charge >= 0.3 is 12.2 Å². The summed E-state index contributed by atoms with van der Waals surface area (Å²) < 4.78 is 33.4. The van der Waals surface area contributed by atoms with Crippen molar-refractivity contribution >= 4 is 24.0 Å². The summed E-state index contributed by atoms with van der Waals surface area (Å²) in [6.45, 7) is 22.7. The molecular formula is C91H162N6O26. The molecule has 34 atom stereocenters. The summed E-state index contributed by atoms with van der Waals surface area (Å²) in [6, 6.07) is 0. The highest BCUT2D eigenvalue weighted by atomic mass is 16.7.